The lowest BCUT2D eigenvalue weighted by Gasteiger charge is -2.44. The van der Waals surface area contributed by atoms with Gasteiger partial charge in [-0.05, 0) is 53.0 Å². The molecule has 1 amide bonds. The fraction of sp³-hybridized carbons (Fsp3) is 0.704. The van der Waals surface area contributed by atoms with Gasteiger partial charge in [0.15, 0.2) is 0 Å². The zero-order valence-electron chi connectivity index (χ0n) is 22.5. The number of halogens is 2. The quantitative estimate of drug-likeness (QED) is 0.558. The van der Waals surface area contributed by atoms with Gasteiger partial charge in [0.05, 0.1) is 41.0 Å². The van der Waals surface area contributed by atoms with E-state index in [-0.39, 0.29) is 47.0 Å². The summed E-state index contributed by atoms with van der Waals surface area (Å²) in [6.45, 7) is 7.63. The summed E-state index contributed by atoms with van der Waals surface area (Å²) in [6.07, 6.45) is 2.69. The summed E-state index contributed by atoms with van der Waals surface area (Å²) in [4.78, 5) is 31.3. The first-order chi connectivity index (χ1) is 18.6. The monoisotopic (exact) mass is 560 g/mol. The minimum absolute atomic E-state index is 0.0822. The molecule has 210 valence electrons. The number of ether oxygens (including phenoxy) is 3. The fourth-order valence-electron chi connectivity index (χ4n) is 7.35. The lowest BCUT2D eigenvalue weighted by Crippen LogP contribution is -2.60. The molecule has 1 unspecified atom stereocenters. The van der Waals surface area contributed by atoms with E-state index in [0.717, 1.165) is 37.9 Å². The second kappa shape index (κ2) is 9.01. The molecule has 0 radical (unpaired) electrons. The highest BCUT2D eigenvalue weighted by Gasteiger charge is 2.53. The second-order valence-corrected chi connectivity index (χ2v) is 13.0. The molecule has 39 heavy (non-hydrogen) atoms. The molecular weight excluding hydrogens is 527 g/mol. The lowest BCUT2D eigenvalue weighted by atomic mass is 9.87. The number of hydrogen-bond acceptors (Lipinski definition) is 9. The summed E-state index contributed by atoms with van der Waals surface area (Å²) >= 11 is 6.37. The predicted octanol–water partition coefficient (Wildman–Crippen LogP) is 4.01. The van der Waals surface area contributed by atoms with Crippen LogP contribution in [0.3, 0.4) is 0 Å². The topological polar surface area (TPSA) is 102 Å². The molecule has 4 saturated heterocycles. The molecule has 4 fully saturated rings. The Morgan fingerprint density at radius 1 is 1.31 bits per heavy atom. The zero-order valence-corrected chi connectivity index (χ0v) is 23.2. The third-order valence-electron chi connectivity index (χ3n) is 8.89. The summed E-state index contributed by atoms with van der Waals surface area (Å²) in [5.41, 5.74) is 0.415. The van der Waals surface area contributed by atoms with Gasteiger partial charge in [-0.25, -0.2) is 14.2 Å². The Balaban J connectivity index is 1.23. The van der Waals surface area contributed by atoms with Crippen molar-refractivity contribution in [2.75, 3.05) is 26.3 Å². The van der Waals surface area contributed by atoms with Crippen molar-refractivity contribution in [2.24, 2.45) is 5.92 Å². The van der Waals surface area contributed by atoms with Gasteiger partial charge >= 0.3 is 12.1 Å². The number of carbonyl (C=O) groups is 1. The van der Waals surface area contributed by atoms with Crippen molar-refractivity contribution < 1.29 is 23.4 Å². The standard InChI is InChI=1S/C27H34ClFN6O4/c1-26(2,3)39-25(36)35-17-5-6-19(35)32-21-15(17)12-37-23-20-16(9-18(28)31-23)30-24(33-22(20)21)38-13-27-7-4-8-34(27)11-14(29)10-27/h9,14-15,17,19,21,32H,4-8,10-13H2,1-3H3/t14-,15-,17+,19-,21?,27+/m1/s1. The number of rotatable bonds is 3. The number of aromatic nitrogens is 3. The van der Waals surface area contributed by atoms with Crippen LogP contribution >= 0.6 is 11.6 Å². The van der Waals surface area contributed by atoms with Crippen LogP contribution in [0.25, 0.3) is 10.9 Å². The minimum Gasteiger partial charge on any atom is -0.477 e. The van der Waals surface area contributed by atoms with Crippen LogP contribution in [0.1, 0.15) is 64.6 Å². The molecule has 0 aromatic carbocycles. The van der Waals surface area contributed by atoms with E-state index in [1.807, 2.05) is 25.7 Å². The second-order valence-electron chi connectivity index (χ2n) is 12.6. The lowest BCUT2D eigenvalue weighted by molar-refractivity contribution is -0.0192. The van der Waals surface area contributed by atoms with Crippen LogP contribution < -0.4 is 14.8 Å². The average molecular weight is 561 g/mol. The Bertz CT molecular complexity index is 1330. The number of carbonyl (C=O) groups excluding carboxylic acids is 1. The highest BCUT2D eigenvalue weighted by Crippen LogP contribution is 2.47. The molecule has 0 spiro atoms. The van der Waals surface area contributed by atoms with E-state index in [1.165, 1.54) is 0 Å². The maximum absolute atomic E-state index is 14.3. The first-order valence-electron chi connectivity index (χ1n) is 13.9. The third-order valence-corrected chi connectivity index (χ3v) is 9.08. The van der Waals surface area contributed by atoms with Crippen molar-refractivity contribution in [3.63, 3.8) is 0 Å². The van der Waals surface area contributed by atoms with Crippen molar-refractivity contribution in [1.29, 1.82) is 0 Å². The van der Waals surface area contributed by atoms with E-state index >= 15 is 0 Å². The predicted molar refractivity (Wildman–Crippen MR) is 141 cm³/mol. The zero-order chi connectivity index (χ0) is 27.1. The first kappa shape index (κ1) is 25.5. The van der Waals surface area contributed by atoms with Gasteiger partial charge in [-0.15, -0.1) is 0 Å². The molecule has 2 aromatic rings. The normalized spacial score (nSPS) is 33.5. The van der Waals surface area contributed by atoms with E-state index < -0.39 is 11.8 Å². The number of amides is 1. The molecule has 7 rings (SSSR count). The Kier molecular flexibility index (Phi) is 5.88. The molecule has 1 N–H and O–H groups in total. The van der Waals surface area contributed by atoms with Gasteiger partial charge < -0.3 is 14.2 Å². The van der Waals surface area contributed by atoms with Gasteiger partial charge in [0.2, 0.25) is 5.88 Å². The molecule has 12 heteroatoms. The summed E-state index contributed by atoms with van der Waals surface area (Å²) in [7, 11) is 0. The number of fused-ring (bicyclic) bond motifs is 6. The van der Waals surface area contributed by atoms with E-state index in [2.05, 4.69) is 20.2 Å². The summed E-state index contributed by atoms with van der Waals surface area (Å²) in [5, 5.41) is 4.63. The van der Waals surface area contributed by atoms with Crippen LogP contribution in [0.5, 0.6) is 11.9 Å². The van der Waals surface area contributed by atoms with Crippen LogP contribution in [-0.4, -0.2) is 86.7 Å². The van der Waals surface area contributed by atoms with Crippen molar-refractivity contribution in [3.8, 4) is 11.9 Å². The Hall–Kier alpha value is -2.50. The Morgan fingerprint density at radius 2 is 2.15 bits per heavy atom. The minimum atomic E-state index is -0.837. The summed E-state index contributed by atoms with van der Waals surface area (Å²) in [6, 6.07) is 1.64. The van der Waals surface area contributed by atoms with Crippen molar-refractivity contribution in [2.45, 2.75) is 88.4 Å². The van der Waals surface area contributed by atoms with E-state index in [0.29, 0.717) is 43.0 Å². The van der Waals surface area contributed by atoms with Crippen LogP contribution in [0, 0.1) is 5.92 Å². The van der Waals surface area contributed by atoms with Gasteiger partial charge in [0.1, 0.15) is 23.5 Å². The van der Waals surface area contributed by atoms with Gasteiger partial charge in [0, 0.05) is 31.0 Å². The molecule has 2 aromatic heterocycles. The number of hydrogen-bond donors (Lipinski definition) is 1. The van der Waals surface area contributed by atoms with Gasteiger partial charge in [-0.2, -0.15) is 9.97 Å². The number of nitrogens with zero attached hydrogens (tertiary/aromatic N) is 5. The molecule has 7 heterocycles. The van der Waals surface area contributed by atoms with Crippen molar-refractivity contribution in [1.82, 2.24) is 30.1 Å². The molecule has 0 aliphatic carbocycles. The van der Waals surface area contributed by atoms with E-state index in [1.54, 1.807) is 6.07 Å². The van der Waals surface area contributed by atoms with E-state index in [9.17, 15) is 9.18 Å². The van der Waals surface area contributed by atoms with Gasteiger partial charge in [-0.1, -0.05) is 11.6 Å². The Morgan fingerprint density at radius 3 is 2.97 bits per heavy atom. The fourth-order valence-corrected chi connectivity index (χ4v) is 7.53. The maximum atomic E-state index is 14.3. The summed E-state index contributed by atoms with van der Waals surface area (Å²) < 4.78 is 32.5. The Labute approximate surface area is 231 Å². The molecule has 0 saturated carbocycles. The summed E-state index contributed by atoms with van der Waals surface area (Å²) in [5.74, 6) is 0.285. The van der Waals surface area contributed by atoms with Crippen LogP contribution in [0.15, 0.2) is 6.07 Å². The highest BCUT2D eigenvalue weighted by molar-refractivity contribution is 6.30. The molecule has 10 nitrogen and oxygen atoms in total. The molecule has 5 aliphatic heterocycles. The number of nitrogens with one attached hydrogen (secondary N) is 1. The molecule has 6 atom stereocenters. The highest BCUT2D eigenvalue weighted by atomic mass is 35.5. The average Bonchev–Trinajstić information content (AvgIpc) is 3.45. The van der Waals surface area contributed by atoms with Crippen molar-refractivity contribution >= 4 is 28.6 Å². The smallest absolute Gasteiger partial charge is 0.411 e. The van der Waals surface area contributed by atoms with Crippen LogP contribution in [-0.2, 0) is 4.74 Å². The first-order valence-corrected chi connectivity index (χ1v) is 14.3. The largest absolute Gasteiger partial charge is 0.477 e. The maximum Gasteiger partial charge on any atom is 0.411 e. The van der Waals surface area contributed by atoms with E-state index in [4.69, 9.17) is 30.8 Å². The molecular formula is C27H34ClFN6O4. The number of pyridine rings is 1. The van der Waals surface area contributed by atoms with Gasteiger partial charge in [0.25, 0.3) is 0 Å². The third kappa shape index (κ3) is 4.28. The molecule has 5 aliphatic rings. The molecule has 2 bridgehead atoms. The van der Waals surface area contributed by atoms with Crippen LogP contribution in [0.2, 0.25) is 5.15 Å². The SMILES string of the molecule is CC(C)(C)OC(=O)N1[C@@H]2CC[C@H]1[C@H]1COc3nc(Cl)cc4nc(OC[C@@]56CCCN5C[C@H](F)C6)nc(c34)C1N2. The van der Waals surface area contributed by atoms with Crippen molar-refractivity contribution in [3.05, 3.63) is 16.9 Å². The number of alkyl halides is 1. The van der Waals surface area contributed by atoms with Gasteiger partial charge in [-0.3, -0.25) is 15.1 Å². The van der Waals surface area contributed by atoms with Crippen LogP contribution in [0.4, 0.5) is 9.18 Å².